The number of aromatic nitrogens is 2. The molecule has 0 saturated carbocycles. The van der Waals surface area contributed by atoms with E-state index >= 15 is 0 Å². The molecule has 136 valence electrons. The highest BCUT2D eigenvalue weighted by molar-refractivity contribution is 8.03. The third kappa shape index (κ3) is 3.03. The molecule has 0 aliphatic carbocycles. The van der Waals surface area contributed by atoms with Gasteiger partial charge in [0.1, 0.15) is 10.6 Å². The molecule has 2 heterocycles. The van der Waals surface area contributed by atoms with E-state index < -0.39 is 0 Å². The maximum absolute atomic E-state index is 12.7. The van der Waals surface area contributed by atoms with E-state index in [1.165, 1.54) is 4.57 Å². The summed E-state index contributed by atoms with van der Waals surface area (Å²) < 4.78 is 3.39. The number of fused-ring (bicyclic) bond motifs is 1. The third-order valence-electron chi connectivity index (χ3n) is 4.33. The van der Waals surface area contributed by atoms with Crippen LogP contribution < -0.4 is 10.5 Å². The first-order chi connectivity index (χ1) is 12.5. The van der Waals surface area contributed by atoms with Gasteiger partial charge in [0, 0.05) is 30.6 Å². The Labute approximate surface area is 161 Å². The topological polar surface area (TPSA) is 50.4 Å². The average molecular weight is 388 g/mol. The van der Waals surface area contributed by atoms with Crippen molar-refractivity contribution in [2.45, 2.75) is 38.8 Å². The van der Waals surface area contributed by atoms with Gasteiger partial charge in [0.2, 0.25) is 5.88 Å². The van der Waals surface area contributed by atoms with Crippen LogP contribution in [-0.2, 0) is 13.1 Å². The Morgan fingerprint density at radius 2 is 1.85 bits per heavy atom. The molecule has 1 N–H and O–H groups in total. The SMILES string of the molecule is CCN1C(=C=Cc2c(O)n(CC)c(=S)n(CC)c2=O)Sc2ccccc21. The molecule has 0 radical (unpaired) electrons. The van der Waals surface area contributed by atoms with Gasteiger partial charge in [0.25, 0.3) is 5.56 Å². The van der Waals surface area contributed by atoms with Crippen molar-refractivity contribution in [3.8, 4) is 5.88 Å². The van der Waals surface area contributed by atoms with Crippen molar-refractivity contribution in [3.63, 3.8) is 0 Å². The van der Waals surface area contributed by atoms with Gasteiger partial charge in [-0.2, -0.15) is 0 Å². The summed E-state index contributed by atoms with van der Waals surface area (Å²) in [6, 6.07) is 8.15. The van der Waals surface area contributed by atoms with E-state index in [9.17, 15) is 9.90 Å². The second kappa shape index (κ2) is 7.58. The fourth-order valence-corrected chi connectivity index (χ4v) is 4.51. The summed E-state index contributed by atoms with van der Waals surface area (Å²) in [6.45, 7) is 7.56. The minimum absolute atomic E-state index is 0.108. The van der Waals surface area contributed by atoms with Gasteiger partial charge in [-0.25, -0.2) is 0 Å². The van der Waals surface area contributed by atoms with Crippen LogP contribution in [0.5, 0.6) is 5.88 Å². The second-order valence-corrected chi connectivity index (χ2v) is 7.12. The molecular weight excluding hydrogens is 366 g/mol. The number of aromatic hydroxyl groups is 1. The molecule has 0 bridgehead atoms. The molecule has 5 nitrogen and oxygen atoms in total. The first-order valence-corrected chi connectivity index (χ1v) is 9.83. The van der Waals surface area contributed by atoms with Crippen molar-refractivity contribution in [3.05, 3.63) is 55.7 Å². The van der Waals surface area contributed by atoms with E-state index in [2.05, 4.69) is 29.7 Å². The number of rotatable bonds is 4. The van der Waals surface area contributed by atoms with Gasteiger partial charge in [-0.3, -0.25) is 13.9 Å². The molecule has 0 saturated heterocycles. The first-order valence-electron chi connectivity index (χ1n) is 8.61. The first kappa shape index (κ1) is 18.6. The predicted octanol–water partition coefficient (Wildman–Crippen LogP) is 4.21. The number of hydrogen-bond donors (Lipinski definition) is 1. The lowest BCUT2D eigenvalue weighted by Gasteiger charge is -2.16. The molecule has 2 aromatic rings. The van der Waals surface area contributed by atoms with Gasteiger partial charge >= 0.3 is 0 Å². The minimum atomic E-state index is -0.295. The molecule has 26 heavy (non-hydrogen) atoms. The zero-order valence-corrected chi connectivity index (χ0v) is 16.7. The Balaban J connectivity index is 2.17. The average Bonchev–Trinajstić information content (AvgIpc) is 2.99. The van der Waals surface area contributed by atoms with Gasteiger partial charge in [-0.05, 0) is 45.1 Å². The van der Waals surface area contributed by atoms with Crippen molar-refractivity contribution < 1.29 is 5.11 Å². The number of benzene rings is 1. The van der Waals surface area contributed by atoms with Crippen molar-refractivity contribution in [2.24, 2.45) is 0 Å². The zero-order chi connectivity index (χ0) is 18.8. The van der Waals surface area contributed by atoms with Crippen molar-refractivity contribution in [1.82, 2.24) is 9.13 Å². The van der Waals surface area contributed by atoms with E-state index in [0.717, 1.165) is 22.2 Å². The van der Waals surface area contributed by atoms with Crippen LogP contribution in [0.1, 0.15) is 26.3 Å². The summed E-state index contributed by atoms with van der Waals surface area (Å²) >= 11 is 6.92. The van der Waals surface area contributed by atoms with Crippen LogP contribution in [0.3, 0.4) is 0 Å². The summed E-state index contributed by atoms with van der Waals surface area (Å²) in [4.78, 5) is 16.0. The van der Waals surface area contributed by atoms with Crippen LogP contribution >= 0.6 is 24.0 Å². The lowest BCUT2D eigenvalue weighted by molar-refractivity contribution is 0.399. The number of para-hydroxylation sites is 1. The number of thioether (sulfide) groups is 1. The third-order valence-corrected chi connectivity index (χ3v) is 5.87. The van der Waals surface area contributed by atoms with Gasteiger partial charge in [-0.1, -0.05) is 29.6 Å². The molecule has 1 aliphatic rings. The molecule has 0 unspecified atom stereocenters. The van der Waals surface area contributed by atoms with E-state index in [0.29, 0.717) is 17.9 Å². The highest BCUT2D eigenvalue weighted by Crippen LogP contribution is 2.45. The van der Waals surface area contributed by atoms with Gasteiger partial charge in [-0.15, -0.1) is 0 Å². The number of anilines is 1. The summed E-state index contributed by atoms with van der Waals surface area (Å²) in [5.41, 5.74) is 4.26. The van der Waals surface area contributed by atoms with Crippen LogP contribution in [0.25, 0.3) is 6.08 Å². The Morgan fingerprint density at radius 3 is 2.50 bits per heavy atom. The summed E-state index contributed by atoms with van der Waals surface area (Å²) in [5.74, 6) is -0.108. The van der Waals surface area contributed by atoms with Crippen molar-refractivity contribution in [2.75, 3.05) is 11.4 Å². The van der Waals surface area contributed by atoms with E-state index in [1.807, 2.05) is 26.0 Å². The normalized spacial score (nSPS) is 12.9. The Bertz CT molecular complexity index is 1030. The van der Waals surface area contributed by atoms with Crippen LogP contribution in [0.15, 0.2) is 44.7 Å². The predicted molar refractivity (Wildman–Crippen MR) is 109 cm³/mol. The largest absolute Gasteiger partial charge is 0.494 e. The Hall–Kier alpha value is -2.21. The van der Waals surface area contributed by atoms with Crippen LogP contribution in [0.4, 0.5) is 5.69 Å². The summed E-state index contributed by atoms with van der Waals surface area (Å²) in [5, 5.41) is 11.4. The molecular formula is C19H21N3O2S2. The quantitative estimate of drug-likeness (QED) is 0.629. The number of nitrogens with zero attached hydrogens (tertiary/aromatic N) is 3. The lowest BCUT2D eigenvalue weighted by Crippen LogP contribution is -2.26. The molecule has 1 aromatic carbocycles. The maximum Gasteiger partial charge on any atom is 0.266 e. The number of hydrogen-bond acceptors (Lipinski definition) is 5. The molecule has 3 rings (SSSR count). The molecule has 0 fully saturated rings. The highest BCUT2D eigenvalue weighted by atomic mass is 32.2. The highest BCUT2D eigenvalue weighted by Gasteiger charge is 2.23. The molecule has 7 heteroatoms. The van der Waals surface area contributed by atoms with E-state index in [-0.39, 0.29) is 17.0 Å². The summed E-state index contributed by atoms with van der Waals surface area (Å²) in [6.07, 6.45) is 1.57. The molecule has 1 aromatic heterocycles. The van der Waals surface area contributed by atoms with Crippen molar-refractivity contribution >= 4 is 35.7 Å². The zero-order valence-electron chi connectivity index (χ0n) is 15.0. The minimum Gasteiger partial charge on any atom is -0.494 e. The molecule has 0 atom stereocenters. The van der Waals surface area contributed by atoms with Gasteiger partial charge < -0.3 is 10.0 Å². The monoisotopic (exact) mass is 387 g/mol. The smallest absolute Gasteiger partial charge is 0.266 e. The maximum atomic E-state index is 12.7. The van der Waals surface area contributed by atoms with Crippen molar-refractivity contribution in [1.29, 1.82) is 0 Å². The fraction of sp³-hybridized carbons (Fsp3) is 0.316. The molecule has 0 amide bonds. The standard InChI is InChI=1S/C19H21N3O2S2/c1-4-20-14-9-7-8-10-15(14)26-16(20)12-11-13-17(23)21(5-2)19(25)22(6-3)18(13)24/h7-11,23H,4-6H2,1-3H3. The Morgan fingerprint density at radius 1 is 1.15 bits per heavy atom. The summed E-state index contributed by atoms with van der Waals surface area (Å²) in [7, 11) is 0. The fourth-order valence-electron chi connectivity index (χ4n) is 2.99. The lowest BCUT2D eigenvalue weighted by atomic mass is 10.3. The molecule has 0 spiro atoms. The van der Waals surface area contributed by atoms with Crippen LogP contribution in [-0.4, -0.2) is 20.8 Å². The second-order valence-electron chi connectivity index (χ2n) is 5.72. The Kier molecular flexibility index (Phi) is 5.41. The van der Waals surface area contributed by atoms with Gasteiger partial charge in [0.05, 0.1) is 5.69 Å². The van der Waals surface area contributed by atoms with Crippen LogP contribution in [0, 0.1) is 4.77 Å². The van der Waals surface area contributed by atoms with Gasteiger partial charge in [0.15, 0.2) is 4.77 Å². The van der Waals surface area contributed by atoms with Crippen LogP contribution in [0.2, 0.25) is 0 Å². The van der Waals surface area contributed by atoms with E-state index in [1.54, 1.807) is 22.4 Å². The van der Waals surface area contributed by atoms with E-state index in [4.69, 9.17) is 12.2 Å². The molecule has 1 aliphatic heterocycles.